The van der Waals surface area contributed by atoms with Gasteiger partial charge in [-0.1, -0.05) is 18.3 Å². The third kappa shape index (κ3) is 4.93. The summed E-state index contributed by atoms with van der Waals surface area (Å²) in [5.74, 6) is -1.46. The van der Waals surface area contributed by atoms with Crippen molar-refractivity contribution in [1.29, 1.82) is 0 Å². The van der Waals surface area contributed by atoms with E-state index in [0.717, 1.165) is 38.5 Å². The molecule has 3 fully saturated rings. The molecular weight excluding hydrogens is 624 g/mol. The van der Waals surface area contributed by atoms with Gasteiger partial charge in [-0.05, 0) is 51.9 Å². The number of allylic oxidation sites excluding steroid dienone is 5. The summed E-state index contributed by atoms with van der Waals surface area (Å²) in [7, 11) is 0.330. The number of hydrogen-bond acceptors (Lipinski definition) is 7. The van der Waals surface area contributed by atoms with Crippen LogP contribution in [0.2, 0.25) is 6.55 Å². The zero-order valence-corrected chi connectivity index (χ0v) is 27.3. The zero-order valence-electron chi connectivity index (χ0n) is 26.3. The second kappa shape index (κ2) is 11.4. The highest BCUT2D eigenvalue weighted by atomic mass is 28.3. The van der Waals surface area contributed by atoms with E-state index < -0.39 is 38.2 Å². The van der Waals surface area contributed by atoms with Gasteiger partial charge in [0.25, 0.3) is 11.8 Å². The van der Waals surface area contributed by atoms with Gasteiger partial charge in [-0.25, -0.2) is 18.2 Å². The van der Waals surface area contributed by atoms with Crippen molar-refractivity contribution < 1.29 is 42.1 Å². The Morgan fingerprint density at radius 3 is 2.23 bits per heavy atom. The lowest BCUT2D eigenvalue weighted by Crippen LogP contribution is -2.53. The molecule has 0 saturated carbocycles. The van der Waals surface area contributed by atoms with Gasteiger partial charge in [0.05, 0.1) is 38.4 Å². The number of nitrogens with zero attached hydrogens (tertiary/aromatic N) is 3. The third-order valence-electron chi connectivity index (χ3n) is 9.65. The van der Waals surface area contributed by atoms with Crippen LogP contribution < -0.4 is 19.6 Å². The predicted octanol–water partition coefficient (Wildman–Crippen LogP) is 3.75. The molecule has 7 rings (SSSR count). The van der Waals surface area contributed by atoms with E-state index in [9.17, 15) is 23.2 Å². The van der Waals surface area contributed by atoms with Crippen molar-refractivity contribution >= 4 is 48.0 Å². The van der Waals surface area contributed by atoms with Gasteiger partial charge >= 0.3 is 5.97 Å². The fourth-order valence-corrected chi connectivity index (χ4v) is 10.0. The molecule has 5 aliphatic rings. The molecule has 2 aromatic rings. The quantitative estimate of drug-likeness (QED) is 0.255. The number of carbonyl (C=O) groups excluding carboxylic acids is 3. The van der Waals surface area contributed by atoms with Crippen LogP contribution in [0.25, 0.3) is 5.57 Å². The molecule has 4 heterocycles. The highest BCUT2D eigenvalue weighted by Gasteiger charge is 2.45. The summed E-state index contributed by atoms with van der Waals surface area (Å²) >= 11 is 0. The van der Waals surface area contributed by atoms with Crippen molar-refractivity contribution in [1.82, 2.24) is 5.06 Å². The second-order valence-corrected chi connectivity index (χ2v) is 16.4. The number of amides is 2. The fraction of sp³-hybridized carbons (Fsp3) is 0.314. The lowest BCUT2D eigenvalue weighted by atomic mass is 9.87. The van der Waals surface area contributed by atoms with E-state index >= 15 is 0 Å². The van der Waals surface area contributed by atoms with E-state index in [2.05, 4.69) is 25.3 Å². The molecule has 4 aliphatic heterocycles. The highest BCUT2D eigenvalue weighted by Crippen LogP contribution is 2.48. The molecule has 2 aromatic carbocycles. The maximum atomic E-state index is 13.9. The maximum absolute atomic E-state index is 13.9. The number of fused-ring (bicyclic) bond motifs is 2. The molecule has 242 valence electrons. The first-order chi connectivity index (χ1) is 22.6. The Labute approximate surface area is 271 Å². The van der Waals surface area contributed by atoms with Crippen molar-refractivity contribution in [2.45, 2.75) is 31.7 Å². The zero-order chi connectivity index (χ0) is 33.2. The third-order valence-corrected chi connectivity index (χ3v) is 13.5. The summed E-state index contributed by atoms with van der Waals surface area (Å²) in [5, 5.41) is 2.63. The molecule has 0 spiro atoms. The Hall–Kier alpha value is -4.84. The molecule has 1 aliphatic carbocycles. The van der Waals surface area contributed by atoms with Crippen LogP contribution in [0.3, 0.4) is 0 Å². The van der Waals surface area contributed by atoms with Crippen molar-refractivity contribution in [3.8, 4) is 11.5 Å². The summed E-state index contributed by atoms with van der Waals surface area (Å²) in [6.07, 6.45) is 4.36. The number of anilines is 1. The Bertz CT molecular complexity index is 1850. The van der Waals surface area contributed by atoms with E-state index in [1.165, 1.54) is 26.4 Å². The molecule has 3 saturated heterocycles. The van der Waals surface area contributed by atoms with Crippen molar-refractivity contribution in [2.24, 2.45) is 0 Å². The highest BCUT2D eigenvalue weighted by molar-refractivity contribution is 7.02. The van der Waals surface area contributed by atoms with E-state index in [-0.39, 0.29) is 18.4 Å². The van der Waals surface area contributed by atoms with Gasteiger partial charge in [0.1, 0.15) is 25.7 Å². The number of hydrogen-bond donors (Lipinski definition) is 0. The van der Waals surface area contributed by atoms with Gasteiger partial charge in [0.2, 0.25) is 6.17 Å². The summed E-state index contributed by atoms with van der Waals surface area (Å²) < 4.78 is 41.6. The van der Waals surface area contributed by atoms with Crippen LogP contribution in [0.15, 0.2) is 71.6 Å². The minimum absolute atomic E-state index is 0.0244. The molecular formula is C35H34F2N3O6Si+. The number of carbonyl (C=O) groups is 3. The Morgan fingerprint density at radius 1 is 1.00 bits per heavy atom. The molecule has 47 heavy (non-hydrogen) atoms. The van der Waals surface area contributed by atoms with Crippen molar-refractivity contribution in [2.75, 3.05) is 45.3 Å². The normalized spacial score (nSPS) is 23.6. The average molecular weight is 659 g/mol. The molecule has 12 heteroatoms. The number of rotatable bonds is 7. The van der Waals surface area contributed by atoms with Crippen LogP contribution in [-0.4, -0.2) is 93.9 Å². The first kappa shape index (κ1) is 30.8. The maximum Gasteiger partial charge on any atom is 0.364 e. The van der Waals surface area contributed by atoms with E-state index in [1.807, 2.05) is 39.5 Å². The monoisotopic (exact) mass is 658 g/mol. The minimum Gasteiger partial charge on any atom is -0.496 e. The molecule has 0 radical (unpaired) electrons. The summed E-state index contributed by atoms with van der Waals surface area (Å²) in [4.78, 5) is 44.6. The van der Waals surface area contributed by atoms with E-state index in [4.69, 9.17) is 14.3 Å². The second-order valence-electron chi connectivity index (χ2n) is 12.5. The van der Waals surface area contributed by atoms with E-state index in [1.54, 1.807) is 0 Å². The van der Waals surface area contributed by atoms with Crippen molar-refractivity contribution in [3.63, 3.8) is 0 Å². The molecule has 9 nitrogen and oxygen atoms in total. The van der Waals surface area contributed by atoms with Crippen LogP contribution >= 0.6 is 0 Å². The summed E-state index contributed by atoms with van der Waals surface area (Å²) in [6.45, 7) is 7.83. The molecule has 2 amide bonds. The Kier molecular flexibility index (Phi) is 7.50. The van der Waals surface area contributed by atoms with Crippen LogP contribution in [0.5, 0.6) is 11.5 Å². The Morgan fingerprint density at radius 2 is 1.66 bits per heavy atom. The van der Waals surface area contributed by atoms with Gasteiger partial charge in [-0.3, -0.25) is 9.59 Å². The minimum atomic E-state index is -2.63. The lowest BCUT2D eigenvalue weighted by Gasteiger charge is -2.41. The predicted molar refractivity (Wildman–Crippen MR) is 174 cm³/mol. The number of alkyl halides is 2. The van der Waals surface area contributed by atoms with Crippen molar-refractivity contribution in [3.05, 3.63) is 88.3 Å². The summed E-state index contributed by atoms with van der Waals surface area (Å²) in [6, 6.07) is 9.15. The standard InChI is InChI=1S/C35H34F2N3O6Si/c1-5-47(4)29-14-23(38-16-21(36)17-38)6-8-25(29)33(26-9-7-24(15-30(26)47)39-18-22(37)19-39)34-27(44-2)12-20(13-28(34)45-3)35(43)46-40-31(41)10-11-32(40)42/h5-9,12-15,21-22H,1,10-11,16-19H2,2-4H3/q+1. The molecule has 0 aromatic heterocycles. The first-order valence-corrected chi connectivity index (χ1v) is 18.1. The van der Waals surface area contributed by atoms with Gasteiger partial charge in [0.15, 0.2) is 18.8 Å². The average Bonchev–Trinajstić information content (AvgIpc) is 3.37. The molecule has 1 atom stereocenters. The SMILES string of the molecule is C=C[Si]1(C)C2=CC(=[N+]3CC(F)C3)C=CC2=C(c2c(OC)cc(C(=O)ON3C(=O)CCC3=O)cc2OC)c2ccc(N3CC(F)C3)cc21. The number of methoxy groups -OCH3 is 2. The largest absolute Gasteiger partial charge is 0.496 e. The van der Waals surface area contributed by atoms with Gasteiger partial charge in [-0.2, -0.15) is 0 Å². The summed E-state index contributed by atoms with van der Waals surface area (Å²) in [5.41, 5.74) is 7.14. The number of hydroxylamine groups is 2. The molecule has 0 bridgehead atoms. The fourth-order valence-electron chi connectivity index (χ4n) is 6.87. The smallest absolute Gasteiger partial charge is 0.364 e. The first-order valence-electron chi connectivity index (χ1n) is 15.5. The molecule has 1 unspecified atom stereocenters. The van der Waals surface area contributed by atoms with E-state index in [0.29, 0.717) is 48.3 Å². The van der Waals surface area contributed by atoms with Crippen LogP contribution in [0.4, 0.5) is 14.5 Å². The lowest BCUT2D eigenvalue weighted by molar-refractivity contribution is -0.599. The Balaban J connectivity index is 1.42. The van der Waals surface area contributed by atoms with Gasteiger partial charge in [0, 0.05) is 36.3 Å². The number of halogens is 2. The number of benzene rings is 2. The van der Waals surface area contributed by atoms with Crippen LogP contribution in [0.1, 0.15) is 34.3 Å². The number of imide groups is 1. The van der Waals surface area contributed by atoms with Gasteiger partial charge < -0.3 is 19.2 Å². The topological polar surface area (TPSA) is 88.4 Å². The molecule has 0 N–H and O–H groups in total. The van der Waals surface area contributed by atoms with Crippen LogP contribution in [-0.2, 0) is 14.4 Å². The number of ether oxygens (including phenoxy) is 2. The van der Waals surface area contributed by atoms with Crippen LogP contribution in [0, 0.1) is 0 Å². The van der Waals surface area contributed by atoms with Gasteiger partial charge in [-0.15, -0.1) is 11.6 Å².